The quantitative estimate of drug-likeness (QED) is 0.425. The van der Waals surface area contributed by atoms with Gasteiger partial charge >= 0.3 is 0 Å². The zero-order chi connectivity index (χ0) is 18.1. The number of nitrogens with zero attached hydrogens (tertiary/aromatic N) is 2. The molecule has 2 heterocycles. The normalized spacial score (nSPS) is 11.5. The van der Waals surface area contributed by atoms with Gasteiger partial charge in [-0.05, 0) is 65.3 Å². The summed E-state index contributed by atoms with van der Waals surface area (Å²) in [5.41, 5.74) is 2.60. The predicted octanol–water partition coefficient (Wildman–Crippen LogP) is 5.69. The second kappa shape index (κ2) is 7.02. The standard InChI is InChI=1S/C21H15BrN2OS/c1-14-6-8-16(9-7-14)24-20(11-10-17-12-15(22)13-26-17)23-19-5-3-2-4-18(19)21(24)25/h2-13H,1H3/b11-10+. The summed E-state index contributed by atoms with van der Waals surface area (Å²) < 4.78 is 2.71. The van der Waals surface area contributed by atoms with E-state index in [0.717, 1.165) is 20.6 Å². The van der Waals surface area contributed by atoms with Crippen molar-refractivity contribution in [1.82, 2.24) is 9.55 Å². The second-order valence-electron chi connectivity index (χ2n) is 5.96. The molecular weight excluding hydrogens is 408 g/mol. The van der Waals surface area contributed by atoms with Crippen LogP contribution in [0.15, 0.2) is 69.2 Å². The molecule has 0 radical (unpaired) electrons. The number of aromatic nitrogens is 2. The van der Waals surface area contributed by atoms with Crippen LogP contribution in [0.4, 0.5) is 0 Å². The molecule has 3 nitrogen and oxygen atoms in total. The molecule has 2 aromatic carbocycles. The lowest BCUT2D eigenvalue weighted by molar-refractivity contribution is 0.943. The van der Waals surface area contributed by atoms with Gasteiger partial charge in [0.1, 0.15) is 5.82 Å². The van der Waals surface area contributed by atoms with Crippen molar-refractivity contribution in [3.63, 3.8) is 0 Å². The van der Waals surface area contributed by atoms with Gasteiger partial charge in [0.2, 0.25) is 0 Å². The Bertz CT molecular complexity index is 1170. The zero-order valence-corrected chi connectivity index (χ0v) is 16.4. The maximum atomic E-state index is 13.1. The minimum absolute atomic E-state index is 0.0635. The lowest BCUT2D eigenvalue weighted by atomic mass is 10.2. The molecule has 0 spiro atoms. The molecule has 0 bridgehead atoms. The maximum absolute atomic E-state index is 13.1. The molecule has 0 amide bonds. The van der Waals surface area contributed by atoms with Gasteiger partial charge in [0.05, 0.1) is 16.6 Å². The first-order chi connectivity index (χ1) is 12.6. The van der Waals surface area contributed by atoms with E-state index in [9.17, 15) is 4.79 Å². The number of benzene rings is 2. The molecule has 0 saturated carbocycles. The van der Waals surface area contributed by atoms with E-state index in [4.69, 9.17) is 4.98 Å². The van der Waals surface area contributed by atoms with E-state index < -0.39 is 0 Å². The number of rotatable bonds is 3. The van der Waals surface area contributed by atoms with Gasteiger partial charge in [0.15, 0.2) is 0 Å². The SMILES string of the molecule is Cc1ccc(-n2c(/C=C/c3cc(Br)cs3)nc3ccccc3c2=O)cc1. The molecular formula is C21H15BrN2OS. The van der Waals surface area contributed by atoms with Crippen molar-refractivity contribution in [3.8, 4) is 5.69 Å². The first-order valence-electron chi connectivity index (χ1n) is 8.13. The van der Waals surface area contributed by atoms with Crippen molar-refractivity contribution < 1.29 is 0 Å². The van der Waals surface area contributed by atoms with Crippen molar-refractivity contribution in [3.05, 3.63) is 91.1 Å². The van der Waals surface area contributed by atoms with Crippen molar-refractivity contribution >= 4 is 50.3 Å². The Hall–Kier alpha value is -2.50. The Morgan fingerprint density at radius 3 is 2.58 bits per heavy atom. The Morgan fingerprint density at radius 2 is 1.85 bits per heavy atom. The summed E-state index contributed by atoms with van der Waals surface area (Å²) in [6.45, 7) is 2.03. The van der Waals surface area contributed by atoms with Gasteiger partial charge in [-0.15, -0.1) is 11.3 Å². The maximum Gasteiger partial charge on any atom is 0.266 e. The minimum atomic E-state index is -0.0635. The summed E-state index contributed by atoms with van der Waals surface area (Å²) in [5, 5.41) is 2.64. The fraction of sp³-hybridized carbons (Fsp3) is 0.0476. The fourth-order valence-corrected chi connectivity index (χ4v) is 4.11. The first kappa shape index (κ1) is 16.9. The summed E-state index contributed by atoms with van der Waals surface area (Å²) in [4.78, 5) is 19.0. The summed E-state index contributed by atoms with van der Waals surface area (Å²) in [6.07, 6.45) is 3.88. The van der Waals surface area contributed by atoms with Crippen LogP contribution in [0.2, 0.25) is 0 Å². The highest BCUT2D eigenvalue weighted by Gasteiger charge is 2.10. The third-order valence-corrected chi connectivity index (χ3v) is 5.74. The van der Waals surface area contributed by atoms with Gasteiger partial charge in [-0.3, -0.25) is 9.36 Å². The monoisotopic (exact) mass is 422 g/mol. The molecule has 0 aliphatic carbocycles. The molecule has 0 N–H and O–H groups in total. The Balaban J connectivity index is 1.94. The molecule has 2 aromatic heterocycles. The average Bonchev–Trinajstić information content (AvgIpc) is 3.07. The number of hydrogen-bond donors (Lipinski definition) is 0. The van der Waals surface area contributed by atoms with E-state index in [-0.39, 0.29) is 5.56 Å². The summed E-state index contributed by atoms with van der Waals surface area (Å²) in [5.74, 6) is 0.613. The van der Waals surface area contributed by atoms with Gasteiger partial charge in [0, 0.05) is 14.7 Å². The van der Waals surface area contributed by atoms with E-state index in [0.29, 0.717) is 16.7 Å². The largest absolute Gasteiger partial charge is 0.268 e. The van der Waals surface area contributed by atoms with E-state index >= 15 is 0 Å². The third-order valence-electron chi connectivity index (χ3n) is 4.08. The Morgan fingerprint density at radius 1 is 1.08 bits per heavy atom. The van der Waals surface area contributed by atoms with E-state index in [1.54, 1.807) is 15.9 Å². The van der Waals surface area contributed by atoms with E-state index in [2.05, 4.69) is 15.9 Å². The molecule has 5 heteroatoms. The number of aryl methyl sites for hydroxylation is 1. The first-order valence-corrected chi connectivity index (χ1v) is 9.80. The number of hydrogen-bond acceptors (Lipinski definition) is 3. The van der Waals surface area contributed by atoms with Gasteiger partial charge in [-0.2, -0.15) is 0 Å². The Kier molecular flexibility index (Phi) is 4.57. The summed E-state index contributed by atoms with van der Waals surface area (Å²) >= 11 is 5.10. The van der Waals surface area contributed by atoms with Crippen LogP contribution in [0, 0.1) is 6.92 Å². The van der Waals surface area contributed by atoms with Crippen LogP contribution in [0.3, 0.4) is 0 Å². The molecule has 0 aliphatic heterocycles. The second-order valence-corrected chi connectivity index (χ2v) is 7.82. The third kappa shape index (κ3) is 3.28. The molecule has 0 saturated heterocycles. The molecule has 0 atom stereocenters. The van der Waals surface area contributed by atoms with Crippen LogP contribution in [0.1, 0.15) is 16.3 Å². The molecule has 0 fully saturated rings. The van der Waals surface area contributed by atoms with E-state index in [1.807, 2.05) is 79.1 Å². The average molecular weight is 423 g/mol. The Labute approximate surface area is 163 Å². The van der Waals surface area contributed by atoms with Gasteiger partial charge in [-0.25, -0.2) is 4.98 Å². The van der Waals surface area contributed by atoms with Crippen molar-refractivity contribution in [2.24, 2.45) is 0 Å². The number of thiophene rings is 1. The summed E-state index contributed by atoms with van der Waals surface area (Å²) in [7, 11) is 0. The lowest BCUT2D eigenvalue weighted by Crippen LogP contribution is -2.22. The van der Waals surface area contributed by atoms with Gasteiger partial charge in [-0.1, -0.05) is 29.8 Å². The lowest BCUT2D eigenvalue weighted by Gasteiger charge is -2.11. The number of halogens is 1. The number of para-hydroxylation sites is 1. The zero-order valence-electron chi connectivity index (χ0n) is 14.0. The highest BCUT2D eigenvalue weighted by Crippen LogP contribution is 2.22. The summed E-state index contributed by atoms with van der Waals surface area (Å²) in [6, 6.07) is 17.4. The van der Waals surface area contributed by atoms with Gasteiger partial charge < -0.3 is 0 Å². The smallest absolute Gasteiger partial charge is 0.266 e. The molecule has 26 heavy (non-hydrogen) atoms. The van der Waals surface area contributed by atoms with Crippen molar-refractivity contribution in [2.45, 2.75) is 6.92 Å². The van der Waals surface area contributed by atoms with Crippen LogP contribution < -0.4 is 5.56 Å². The van der Waals surface area contributed by atoms with Crippen molar-refractivity contribution in [2.75, 3.05) is 0 Å². The van der Waals surface area contributed by atoms with Crippen LogP contribution in [-0.2, 0) is 0 Å². The molecule has 4 aromatic rings. The number of fused-ring (bicyclic) bond motifs is 1. The van der Waals surface area contributed by atoms with Crippen LogP contribution in [0.25, 0.3) is 28.7 Å². The molecule has 128 valence electrons. The molecule has 0 unspecified atom stereocenters. The van der Waals surface area contributed by atoms with Crippen molar-refractivity contribution in [1.29, 1.82) is 0 Å². The predicted molar refractivity (Wildman–Crippen MR) is 113 cm³/mol. The van der Waals surface area contributed by atoms with Crippen LogP contribution in [0.5, 0.6) is 0 Å². The molecule has 0 aliphatic rings. The van der Waals surface area contributed by atoms with Gasteiger partial charge in [0.25, 0.3) is 5.56 Å². The fourth-order valence-electron chi connectivity index (χ4n) is 2.78. The van der Waals surface area contributed by atoms with Crippen LogP contribution >= 0.6 is 27.3 Å². The van der Waals surface area contributed by atoms with Crippen LogP contribution in [-0.4, -0.2) is 9.55 Å². The minimum Gasteiger partial charge on any atom is -0.268 e. The topological polar surface area (TPSA) is 34.9 Å². The highest BCUT2D eigenvalue weighted by atomic mass is 79.9. The molecule has 4 rings (SSSR count). The van der Waals surface area contributed by atoms with E-state index in [1.165, 1.54) is 0 Å². The highest BCUT2D eigenvalue weighted by molar-refractivity contribution is 9.10.